The first kappa shape index (κ1) is 67.0. The lowest BCUT2D eigenvalue weighted by molar-refractivity contribution is -0.319. The van der Waals surface area contributed by atoms with Crippen molar-refractivity contribution in [2.45, 2.75) is 205 Å². The summed E-state index contributed by atoms with van der Waals surface area (Å²) in [6.45, 7) is 23.3. The number of aliphatic hydroxyl groups excluding tert-OH is 2. The molecule has 6 rings (SSSR count). The number of halogens is 2. The third-order valence-electron chi connectivity index (χ3n) is 17.4. The Bertz CT molecular complexity index is 2460. The third kappa shape index (κ3) is 15.1. The van der Waals surface area contributed by atoms with E-state index in [1.54, 1.807) is 53.0 Å². The van der Waals surface area contributed by atoms with Crippen molar-refractivity contribution in [2.75, 3.05) is 47.3 Å². The van der Waals surface area contributed by atoms with Crippen molar-refractivity contribution in [3.8, 4) is 11.5 Å². The molecule has 4 aliphatic rings. The zero-order valence-electron chi connectivity index (χ0n) is 50.2. The highest BCUT2D eigenvalue weighted by Gasteiger charge is 2.62. The second-order valence-corrected chi connectivity index (χ2v) is 26.1. The molecule has 1 aromatic carbocycles. The number of aromatic nitrogens is 1. The number of ether oxygens (including phenoxy) is 10. The monoisotopic (exact) mass is 1200 g/mol. The van der Waals surface area contributed by atoms with Gasteiger partial charge >= 0.3 is 11.9 Å². The Morgan fingerprint density at radius 3 is 2.19 bits per heavy atom. The number of pyridine rings is 1. The van der Waals surface area contributed by atoms with Crippen LogP contribution in [0.3, 0.4) is 0 Å². The predicted octanol–water partition coefficient (Wildman–Crippen LogP) is 8.99. The van der Waals surface area contributed by atoms with Crippen LogP contribution in [0.5, 0.6) is 11.5 Å². The Morgan fingerprint density at radius 2 is 1.57 bits per heavy atom. The fourth-order valence-corrected chi connectivity index (χ4v) is 14.8. The van der Waals surface area contributed by atoms with Gasteiger partial charge in [0, 0.05) is 86.8 Å². The molecule has 0 amide bonds. The third-order valence-corrected chi connectivity index (χ3v) is 19.5. The molecule has 5 heterocycles. The lowest BCUT2D eigenvalue weighted by atomic mass is 9.70. The number of rotatable bonds is 20. The molecule has 0 spiro atoms. The van der Waals surface area contributed by atoms with E-state index in [1.165, 1.54) is 38.4 Å². The van der Waals surface area contributed by atoms with E-state index in [0.717, 1.165) is 6.54 Å². The summed E-state index contributed by atoms with van der Waals surface area (Å²) in [5.41, 5.74) is -3.02. The van der Waals surface area contributed by atoms with Crippen LogP contribution in [0.4, 0.5) is 0 Å². The number of hydrogen-bond acceptors (Lipinski definition) is 19. The number of benzene rings is 1. The van der Waals surface area contributed by atoms with Gasteiger partial charge in [0.2, 0.25) is 0 Å². The topological polar surface area (TPSA) is 217 Å². The van der Waals surface area contributed by atoms with E-state index >= 15 is 9.59 Å². The first-order valence-electron chi connectivity index (χ1n) is 28.6. The second kappa shape index (κ2) is 28.3. The van der Waals surface area contributed by atoms with E-state index in [9.17, 15) is 19.8 Å². The van der Waals surface area contributed by atoms with Crippen LogP contribution >= 0.6 is 35.0 Å². The number of nitrogens with zero attached hydrogens (tertiary/aromatic N) is 2. The first-order chi connectivity index (χ1) is 38.1. The molecule has 456 valence electrons. The van der Waals surface area contributed by atoms with Gasteiger partial charge in [-0.2, -0.15) is 0 Å². The number of fused-ring (bicyclic) bond motifs is 1. The molecule has 18 nitrogen and oxygen atoms in total. The van der Waals surface area contributed by atoms with Crippen molar-refractivity contribution >= 4 is 58.5 Å². The molecule has 1 aromatic heterocycles. The minimum absolute atomic E-state index is 0.0557. The summed E-state index contributed by atoms with van der Waals surface area (Å²) in [4.78, 5) is 64.4. The molecule has 21 heteroatoms. The SMILES string of the molecule is CC[C@H]1OC(=O)[C@H](C)[C@@H](O[C@H]2C[C@@](C)(OC)[C@@H](O)[C@H](C)O2)[C@H](C)[C@@H](O[C@@H]2O[C@H](C)C[C@H](N(C)CC(C)C)[C@H]2O)[C@](C)(OC)C[C@@H](C)C(=O)[C@H](C)[C@H]2[C@H](SCCCOc3cc(C(=O)Cc4c(Cl)cncc4Cl)ccc3OC)C(=O)O[C@@]21C. The van der Waals surface area contributed by atoms with E-state index in [2.05, 4.69) is 23.7 Å². The summed E-state index contributed by atoms with van der Waals surface area (Å²) < 4.78 is 64.0. The van der Waals surface area contributed by atoms with Gasteiger partial charge in [-0.05, 0) is 104 Å². The number of methoxy groups -OCH3 is 3. The molecular formula is C60H90Cl2N2O16S. The zero-order valence-corrected chi connectivity index (χ0v) is 52.6. The molecule has 4 fully saturated rings. The van der Waals surface area contributed by atoms with E-state index < -0.39 is 113 Å². The van der Waals surface area contributed by atoms with Crippen molar-refractivity contribution in [2.24, 2.45) is 35.5 Å². The maximum atomic E-state index is 15.3. The number of esters is 2. The molecule has 0 radical (unpaired) electrons. The molecule has 0 unspecified atom stereocenters. The van der Waals surface area contributed by atoms with Gasteiger partial charge in [-0.1, -0.05) is 64.7 Å². The van der Waals surface area contributed by atoms with Gasteiger partial charge in [-0.3, -0.25) is 24.2 Å². The minimum Gasteiger partial charge on any atom is -0.493 e. The predicted molar refractivity (Wildman–Crippen MR) is 308 cm³/mol. The Labute approximate surface area is 493 Å². The molecular weight excluding hydrogens is 1110 g/mol. The van der Waals surface area contributed by atoms with E-state index in [0.29, 0.717) is 47.1 Å². The normalized spacial score (nSPS) is 37.1. The summed E-state index contributed by atoms with van der Waals surface area (Å²) in [6, 6.07) is 4.57. The van der Waals surface area contributed by atoms with Crippen LogP contribution in [0.25, 0.3) is 0 Å². The van der Waals surface area contributed by atoms with E-state index in [1.807, 2.05) is 48.6 Å². The fourth-order valence-electron chi connectivity index (χ4n) is 12.8. The van der Waals surface area contributed by atoms with Gasteiger partial charge in [0.15, 0.2) is 35.5 Å². The van der Waals surface area contributed by atoms with Crippen LogP contribution < -0.4 is 9.47 Å². The highest BCUT2D eigenvalue weighted by Crippen LogP contribution is 2.50. The maximum Gasteiger partial charge on any atom is 0.320 e. The number of carbonyl (C=O) groups is 4. The number of likely N-dealkylation sites (N-methyl/N-ethyl adjacent to an activating group) is 1. The quantitative estimate of drug-likeness (QED) is 0.0718. The van der Waals surface area contributed by atoms with Crippen LogP contribution in [0, 0.1) is 35.5 Å². The van der Waals surface area contributed by atoms with Gasteiger partial charge in [-0.25, -0.2) is 0 Å². The van der Waals surface area contributed by atoms with Crippen molar-refractivity contribution in [3.63, 3.8) is 0 Å². The fraction of sp³-hybridized carbons (Fsp3) is 0.750. The second-order valence-electron chi connectivity index (χ2n) is 24.0. The van der Waals surface area contributed by atoms with Gasteiger partial charge in [0.25, 0.3) is 0 Å². The molecule has 0 aliphatic carbocycles. The van der Waals surface area contributed by atoms with Crippen LogP contribution in [-0.2, 0) is 58.7 Å². The highest BCUT2D eigenvalue weighted by molar-refractivity contribution is 8.00. The average molecular weight is 1200 g/mol. The van der Waals surface area contributed by atoms with Crippen molar-refractivity contribution in [1.82, 2.24) is 9.88 Å². The Balaban J connectivity index is 1.32. The van der Waals surface area contributed by atoms with Gasteiger partial charge in [0.1, 0.15) is 29.3 Å². The zero-order chi connectivity index (χ0) is 60.1. The Hall–Kier alpha value is -3.18. The molecule has 81 heavy (non-hydrogen) atoms. The molecule has 0 bridgehead atoms. The number of Topliss-reactive ketones (excluding diaryl/α,β-unsaturated/α-hetero) is 2. The van der Waals surface area contributed by atoms with Crippen LogP contribution in [-0.4, -0.2) is 174 Å². The summed E-state index contributed by atoms with van der Waals surface area (Å²) in [6.07, 6.45) is -4.09. The lowest BCUT2D eigenvalue weighted by Crippen LogP contribution is -2.61. The summed E-state index contributed by atoms with van der Waals surface area (Å²) >= 11 is 14.0. The van der Waals surface area contributed by atoms with Crippen molar-refractivity contribution in [3.05, 3.63) is 51.8 Å². The Kier molecular flexibility index (Phi) is 23.4. The van der Waals surface area contributed by atoms with Crippen LogP contribution in [0.15, 0.2) is 30.6 Å². The molecule has 19 atom stereocenters. The number of thioether (sulfide) groups is 1. The number of carbonyl (C=O) groups excluding carboxylic acids is 4. The van der Waals surface area contributed by atoms with Crippen LogP contribution in [0.2, 0.25) is 10.0 Å². The summed E-state index contributed by atoms with van der Waals surface area (Å²) in [5.74, 6) is -4.20. The van der Waals surface area contributed by atoms with Crippen molar-refractivity contribution in [1.29, 1.82) is 0 Å². The smallest absolute Gasteiger partial charge is 0.320 e. The maximum absolute atomic E-state index is 15.3. The largest absolute Gasteiger partial charge is 0.493 e. The number of cyclic esters (lactones) is 1. The molecule has 0 saturated carbocycles. The molecule has 2 aromatic rings. The van der Waals surface area contributed by atoms with Gasteiger partial charge < -0.3 is 62.5 Å². The highest BCUT2D eigenvalue weighted by atomic mass is 35.5. The van der Waals surface area contributed by atoms with E-state index in [-0.39, 0.29) is 66.0 Å². The van der Waals surface area contributed by atoms with Crippen molar-refractivity contribution < 1.29 is 76.8 Å². The first-order valence-corrected chi connectivity index (χ1v) is 30.4. The van der Waals surface area contributed by atoms with Gasteiger partial charge in [-0.15, -0.1) is 11.8 Å². The number of hydrogen-bond donors (Lipinski definition) is 2. The molecule has 4 saturated heterocycles. The lowest BCUT2D eigenvalue weighted by Gasteiger charge is -2.50. The summed E-state index contributed by atoms with van der Waals surface area (Å²) in [5, 5.41) is 23.1. The number of aliphatic hydroxyl groups is 2. The standard InChI is InChI=1S/C60H90Cl2N2O16S/c1-17-46-60(12)48(52(56(70)80-60)81-22-18-21-74-45-24-38(19-20-44(45)71-14)43(65)25-39-40(61)28-63-29-41(39)62)34(6)49(66)32(4)26-59(11,73-16)54(79-57-50(67)42(23-33(5)75-57)64(13)30-31(2)3)35(7)51(36(8)55(69)77-46)78-47-27-58(10,72-15)53(68)37(9)76-47/h19-20,24,28-29,31-37,42,46-48,50-54,57,67-68H,17-18,21-23,25-27,30H2,1-16H3/t32-,33-,34-,35+,36-,37+,42+,46-,47+,48+,50-,51+,52+,53+,54-,57+,58-,59-,60-/m1/s1. The van der Waals surface area contributed by atoms with E-state index in [4.69, 9.17) is 70.6 Å². The number of ketones is 2. The average Bonchev–Trinajstić information content (AvgIpc) is 4.00. The van der Waals surface area contributed by atoms with Crippen LogP contribution in [0.1, 0.15) is 131 Å². The molecule has 2 N–H and O–H groups in total. The minimum atomic E-state index is -1.46. The summed E-state index contributed by atoms with van der Waals surface area (Å²) in [7, 11) is 6.54. The van der Waals surface area contributed by atoms with Gasteiger partial charge in [0.05, 0.1) is 65.3 Å². The Morgan fingerprint density at radius 1 is 0.901 bits per heavy atom. The molecule has 4 aliphatic heterocycles.